The molecule has 5 nitrogen and oxygen atoms in total. The third-order valence-electron chi connectivity index (χ3n) is 3.66. The lowest BCUT2D eigenvalue weighted by Gasteiger charge is -2.25. The number of aryl methyl sites for hydroxylation is 1. The number of esters is 2. The number of methoxy groups -OCH3 is 2. The van der Waals surface area contributed by atoms with Crippen molar-refractivity contribution in [3.63, 3.8) is 0 Å². The Morgan fingerprint density at radius 3 is 2.52 bits per heavy atom. The van der Waals surface area contributed by atoms with Crippen molar-refractivity contribution in [1.29, 1.82) is 0 Å². The molecule has 0 saturated heterocycles. The van der Waals surface area contributed by atoms with Gasteiger partial charge in [0.05, 0.1) is 25.0 Å². The van der Waals surface area contributed by atoms with Crippen LogP contribution in [-0.4, -0.2) is 30.7 Å². The fourth-order valence-corrected chi connectivity index (χ4v) is 4.96. The zero-order valence-corrected chi connectivity index (χ0v) is 14.5. The fraction of sp³-hybridized carbons (Fsp3) is 0.250. The van der Waals surface area contributed by atoms with Gasteiger partial charge in [-0.05, 0) is 17.5 Å². The van der Waals surface area contributed by atoms with E-state index >= 15 is 0 Å². The largest absolute Gasteiger partial charge is 0.465 e. The van der Waals surface area contributed by atoms with Crippen LogP contribution in [0.1, 0.15) is 21.4 Å². The first-order valence-corrected chi connectivity index (χ1v) is 8.61. The van der Waals surface area contributed by atoms with Gasteiger partial charge in [-0.15, -0.1) is 23.1 Å². The van der Waals surface area contributed by atoms with E-state index < -0.39 is 11.9 Å². The highest BCUT2D eigenvalue weighted by Crippen LogP contribution is 2.51. The highest BCUT2D eigenvalue weighted by Gasteiger charge is 2.37. The van der Waals surface area contributed by atoms with Crippen LogP contribution in [0.3, 0.4) is 0 Å². The fourth-order valence-electron chi connectivity index (χ4n) is 2.62. The number of fused-ring (bicyclic) bond motifs is 1. The number of carbonyl (C=O) groups is 2. The van der Waals surface area contributed by atoms with E-state index in [1.165, 1.54) is 26.0 Å². The number of hydrogen-bond acceptors (Lipinski definition) is 6. The van der Waals surface area contributed by atoms with Gasteiger partial charge < -0.3 is 14.0 Å². The molecule has 2 aromatic rings. The van der Waals surface area contributed by atoms with E-state index in [1.807, 2.05) is 41.4 Å². The molecule has 0 aromatic carbocycles. The van der Waals surface area contributed by atoms with Crippen LogP contribution in [0.25, 0.3) is 5.57 Å². The molecule has 0 fully saturated rings. The van der Waals surface area contributed by atoms with E-state index in [9.17, 15) is 9.59 Å². The van der Waals surface area contributed by atoms with Gasteiger partial charge in [-0.3, -0.25) is 0 Å². The van der Waals surface area contributed by atoms with Crippen molar-refractivity contribution in [1.82, 2.24) is 4.57 Å². The van der Waals surface area contributed by atoms with Crippen molar-refractivity contribution < 1.29 is 19.1 Å². The first-order chi connectivity index (χ1) is 11.1. The molecule has 7 heteroatoms. The van der Waals surface area contributed by atoms with Crippen LogP contribution in [-0.2, 0) is 26.1 Å². The van der Waals surface area contributed by atoms with Gasteiger partial charge >= 0.3 is 11.9 Å². The monoisotopic (exact) mass is 349 g/mol. The molecule has 1 aliphatic rings. The molecule has 0 saturated carbocycles. The summed E-state index contributed by atoms with van der Waals surface area (Å²) in [4.78, 5) is 25.9. The van der Waals surface area contributed by atoms with Gasteiger partial charge in [-0.2, -0.15) is 0 Å². The highest BCUT2D eigenvalue weighted by molar-refractivity contribution is 8.04. The Hall–Kier alpha value is -1.99. The van der Waals surface area contributed by atoms with Gasteiger partial charge in [0.25, 0.3) is 0 Å². The van der Waals surface area contributed by atoms with Crippen molar-refractivity contribution in [3.05, 3.63) is 50.8 Å². The van der Waals surface area contributed by atoms with Crippen LogP contribution in [0.15, 0.2) is 34.7 Å². The summed E-state index contributed by atoms with van der Waals surface area (Å²) in [6, 6.07) is 5.84. The van der Waals surface area contributed by atoms with Crippen LogP contribution in [0.2, 0.25) is 0 Å². The topological polar surface area (TPSA) is 57.5 Å². The molecule has 1 unspecified atom stereocenters. The molecule has 2 aromatic heterocycles. The van der Waals surface area contributed by atoms with E-state index in [0.717, 1.165) is 16.1 Å². The maximum atomic E-state index is 12.3. The Bertz CT molecular complexity index is 789. The molecule has 0 aliphatic carbocycles. The summed E-state index contributed by atoms with van der Waals surface area (Å²) < 4.78 is 11.7. The summed E-state index contributed by atoms with van der Waals surface area (Å²) in [7, 11) is 4.55. The van der Waals surface area contributed by atoms with E-state index in [1.54, 1.807) is 11.3 Å². The predicted molar refractivity (Wildman–Crippen MR) is 90.1 cm³/mol. The first-order valence-electron chi connectivity index (χ1n) is 6.85. The van der Waals surface area contributed by atoms with Gasteiger partial charge in [0.15, 0.2) is 0 Å². The molecule has 1 aliphatic heterocycles. The van der Waals surface area contributed by atoms with Gasteiger partial charge in [-0.1, -0.05) is 6.07 Å². The minimum Gasteiger partial charge on any atom is -0.465 e. The second kappa shape index (κ2) is 6.25. The van der Waals surface area contributed by atoms with E-state index in [-0.39, 0.29) is 15.7 Å². The number of aromatic nitrogens is 1. The normalized spacial score (nSPS) is 16.9. The Balaban J connectivity index is 2.24. The van der Waals surface area contributed by atoms with E-state index in [4.69, 9.17) is 9.47 Å². The molecular formula is C16H15NO4S2. The second-order valence-electron chi connectivity index (χ2n) is 4.93. The molecule has 3 heterocycles. The minimum absolute atomic E-state index is 0.0625. The number of nitrogens with zero attached hydrogens (tertiary/aromatic N) is 1. The van der Waals surface area contributed by atoms with Gasteiger partial charge in [0.1, 0.15) is 4.91 Å². The van der Waals surface area contributed by atoms with Gasteiger partial charge in [0, 0.05) is 29.4 Å². The number of thiophene rings is 1. The molecular weight excluding hydrogens is 334 g/mol. The summed E-state index contributed by atoms with van der Waals surface area (Å²) >= 11 is 2.95. The molecule has 0 N–H and O–H groups in total. The lowest BCUT2D eigenvalue weighted by molar-refractivity contribution is -0.137. The Labute approximate surface area is 141 Å². The van der Waals surface area contributed by atoms with Crippen molar-refractivity contribution in [2.24, 2.45) is 7.05 Å². The average Bonchev–Trinajstić information content (AvgIpc) is 3.22. The predicted octanol–water partition coefficient (Wildman–Crippen LogP) is 2.98. The SMILES string of the molecule is COC(=O)C1=C(C(=O)OC)c2ccn(C)c2C(c2cccs2)S1. The van der Waals surface area contributed by atoms with Crippen LogP contribution in [0.4, 0.5) is 0 Å². The summed E-state index contributed by atoms with van der Waals surface area (Å²) in [5.41, 5.74) is 1.97. The third kappa shape index (κ3) is 2.60. The summed E-state index contributed by atoms with van der Waals surface area (Å²) in [5.74, 6) is -1.05. The average molecular weight is 349 g/mol. The van der Waals surface area contributed by atoms with Crippen molar-refractivity contribution in [2.45, 2.75) is 5.25 Å². The molecule has 0 amide bonds. The second-order valence-corrected chi connectivity index (χ2v) is 7.02. The molecule has 0 spiro atoms. The number of thioether (sulfide) groups is 1. The van der Waals surface area contributed by atoms with Crippen molar-refractivity contribution in [2.75, 3.05) is 14.2 Å². The van der Waals surface area contributed by atoms with Crippen LogP contribution >= 0.6 is 23.1 Å². The summed E-state index contributed by atoms with van der Waals surface area (Å²) in [6.07, 6.45) is 1.88. The van der Waals surface area contributed by atoms with Crippen LogP contribution in [0.5, 0.6) is 0 Å². The number of ether oxygens (including phenoxy) is 2. The van der Waals surface area contributed by atoms with Gasteiger partial charge in [0.2, 0.25) is 0 Å². The Morgan fingerprint density at radius 1 is 1.17 bits per heavy atom. The molecule has 3 rings (SSSR count). The number of carbonyl (C=O) groups excluding carboxylic acids is 2. The molecule has 23 heavy (non-hydrogen) atoms. The van der Waals surface area contributed by atoms with Crippen molar-refractivity contribution in [3.8, 4) is 0 Å². The minimum atomic E-state index is -0.532. The maximum Gasteiger partial charge on any atom is 0.345 e. The zero-order valence-electron chi connectivity index (χ0n) is 12.9. The standard InChI is InChI=1S/C16H15NO4S2/c1-17-7-6-9-11(15(18)20-2)14(16(19)21-3)23-13(12(9)17)10-5-4-8-22-10/h4-8,13H,1-3H3. The Kier molecular flexibility index (Phi) is 4.32. The molecule has 0 bridgehead atoms. The van der Waals surface area contributed by atoms with E-state index in [2.05, 4.69) is 0 Å². The lowest BCUT2D eigenvalue weighted by Crippen LogP contribution is -2.19. The molecule has 120 valence electrons. The third-order valence-corrected chi connectivity index (χ3v) is 6.07. The smallest absolute Gasteiger partial charge is 0.345 e. The zero-order chi connectivity index (χ0) is 16.6. The number of rotatable bonds is 3. The lowest BCUT2D eigenvalue weighted by atomic mass is 10.0. The Morgan fingerprint density at radius 2 is 1.91 bits per heavy atom. The quantitative estimate of drug-likeness (QED) is 0.798. The van der Waals surface area contributed by atoms with Crippen LogP contribution < -0.4 is 0 Å². The summed E-state index contributed by atoms with van der Waals surface area (Å²) in [5, 5.41) is 1.93. The molecule has 0 radical (unpaired) electrons. The summed E-state index contributed by atoms with van der Waals surface area (Å²) in [6.45, 7) is 0. The van der Waals surface area contributed by atoms with E-state index in [0.29, 0.717) is 0 Å². The van der Waals surface area contributed by atoms with Crippen LogP contribution in [0, 0.1) is 0 Å². The molecule has 1 atom stereocenters. The maximum absolute atomic E-state index is 12.3. The first kappa shape index (κ1) is 15.9. The van der Waals surface area contributed by atoms with Crippen molar-refractivity contribution >= 4 is 40.6 Å². The highest BCUT2D eigenvalue weighted by atomic mass is 32.2. The number of hydrogen-bond donors (Lipinski definition) is 0. The van der Waals surface area contributed by atoms with Gasteiger partial charge in [-0.25, -0.2) is 9.59 Å².